The Morgan fingerprint density at radius 2 is 1.74 bits per heavy atom. The molecule has 1 N–H and O–H groups in total. The maximum Gasteiger partial charge on any atom is 0.113 e. The van der Waals surface area contributed by atoms with Crippen LogP contribution in [0.4, 0.5) is 0 Å². The van der Waals surface area contributed by atoms with E-state index in [-0.39, 0.29) is 0 Å². The van der Waals surface area contributed by atoms with Crippen molar-refractivity contribution in [1.29, 1.82) is 0 Å². The van der Waals surface area contributed by atoms with Gasteiger partial charge in [0.05, 0.1) is 12.2 Å². The van der Waals surface area contributed by atoms with Gasteiger partial charge in [-0.2, -0.15) is 0 Å². The maximum absolute atomic E-state index is 4.14. The van der Waals surface area contributed by atoms with Crippen LogP contribution < -0.4 is 5.32 Å². The van der Waals surface area contributed by atoms with Crippen molar-refractivity contribution in [2.24, 2.45) is 0 Å². The first-order valence-corrected chi connectivity index (χ1v) is 6.46. The van der Waals surface area contributed by atoms with Crippen LogP contribution in [0.25, 0.3) is 11.0 Å². The summed E-state index contributed by atoms with van der Waals surface area (Å²) in [4.78, 5) is 0. The summed E-state index contributed by atoms with van der Waals surface area (Å²) in [5, 5.41) is 11.7. The first-order valence-electron chi connectivity index (χ1n) is 6.46. The molecule has 2 aromatic carbocycles. The number of aromatic nitrogens is 3. The van der Waals surface area contributed by atoms with Gasteiger partial charge in [0.25, 0.3) is 0 Å². The second kappa shape index (κ2) is 5.63. The van der Waals surface area contributed by atoms with Crippen LogP contribution in [0.5, 0.6) is 0 Å². The molecule has 4 heteroatoms. The predicted molar refractivity (Wildman–Crippen MR) is 75.7 cm³/mol. The number of rotatable bonds is 5. The SMILES string of the molecule is c1ccc(CCNCn2nnc3ccccc32)cc1. The van der Waals surface area contributed by atoms with E-state index in [4.69, 9.17) is 0 Å². The maximum atomic E-state index is 4.14. The van der Waals surface area contributed by atoms with E-state index < -0.39 is 0 Å². The van der Waals surface area contributed by atoms with E-state index in [0.717, 1.165) is 24.0 Å². The zero-order chi connectivity index (χ0) is 12.9. The summed E-state index contributed by atoms with van der Waals surface area (Å²) in [5.41, 5.74) is 3.35. The van der Waals surface area contributed by atoms with Crippen LogP contribution in [-0.4, -0.2) is 21.5 Å². The van der Waals surface area contributed by atoms with Crippen LogP contribution in [-0.2, 0) is 13.1 Å². The number of benzene rings is 2. The normalized spacial score (nSPS) is 10.9. The molecule has 0 aliphatic carbocycles. The Morgan fingerprint density at radius 3 is 2.63 bits per heavy atom. The minimum absolute atomic E-state index is 0.688. The minimum atomic E-state index is 0.688. The van der Waals surface area contributed by atoms with Gasteiger partial charge in [-0.15, -0.1) is 5.10 Å². The Kier molecular flexibility index (Phi) is 3.51. The van der Waals surface area contributed by atoms with Crippen molar-refractivity contribution in [2.45, 2.75) is 13.1 Å². The third-order valence-corrected chi connectivity index (χ3v) is 3.12. The lowest BCUT2D eigenvalue weighted by molar-refractivity contribution is 0.513. The fourth-order valence-corrected chi connectivity index (χ4v) is 2.10. The van der Waals surface area contributed by atoms with Gasteiger partial charge in [0, 0.05) is 6.54 Å². The van der Waals surface area contributed by atoms with Gasteiger partial charge in [0.2, 0.25) is 0 Å². The fourth-order valence-electron chi connectivity index (χ4n) is 2.10. The molecule has 4 nitrogen and oxygen atoms in total. The Morgan fingerprint density at radius 1 is 0.947 bits per heavy atom. The molecule has 0 bridgehead atoms. The largest absolute Gasteiger partial charge is 0.298 e. The Labute approximate surface area is 112 Å². The smallest absolute Gasteiger partial charge is 0.113 e. The minimum Gasteiger partial charge on any atom is -0.298 e. The van der Waals surface area contributed by atoms with E-state index in [1.165, 1.54) is 5.56 Å². The molecule has 96 valence electrons. The molecule has 0 radical (unpaired) electrons. The first-order chi connectivity index (χ1) is 9.43. The molecule has 19 heavy (non-hydrogen) atoms. The third-order valence-electron chi connectivity index (χ3n) is 3.12. The van der Waals surface area contributed by atoms with Crippen LogP contribution in [0.2, 0.25) is 0 Å². The predicted octanol–water partition coefficient (Wildman–Crippen LogP) is 2.22. The van der Waals surface area contributed by atoms with Crippen molar-refractivity contribution in [3.05, 3.63) is 60.2 Å². The standard InChI is InChI=1S/C15H16N4/c1-2-6-13(7-3-1)10-11-16-12-19-15-9-5-4-8-14(15)17-18-19/h1-9,16H,10-12H2. The van der Waals surface area contributed by atoms with Gasteiger partial charge in [-0.05, 0) is 24.1 Å². The molecule has 0 saturated carbocycles. The number of para-hydroxylation sites is 1. The molecule has 3 aromatic rings. The zero-order valence-electron chi connectivity index (χ0n) is 10.7. The van der Waals surface area contributed by atoms with Crippen LogP contribution in [0, 0.1) is 0 Å². The van der Waals surface area contributed by atoms with E-state index in [1.807, 2.05) is 35.0 Å². The summed E-state index contributed by atoms with van der Waals surface area (Å²) in [6, 6.07) is 18.5. The molecule has 1 heterocycles. The lowest BCUT2D eigenvalue weighted by Crippen LogP contribution is -2.21. The van der Waals surface area contributed by atoms with Crippen LogP contribution in [0.15, 0.2) is 54.6 Å². The molecule has 0 unspecified atom stereocenters. The van der Waals surface area contributed by atoms with E-state index in [9.17, 15) is 0 Å². The molecule has 0 amide bonds. The van der Waals surface area contributed by atoms with Crippen molar-refractivity contribution in [1.82, 2.24) is 20.3 Å². The lowest BCUT2D eigenvalue weighted by atomic mass is 10.1. The fraction of sp³-hybridized carbons (Fsp3) is 0.200. The molecular formula is C15H16N4. The molecule has 1 aromatic heterocycles. The van der Waals surface area contributed by atoms with Gasteiger partial charge in [-0.1, -0.05) is 47.7 Å². The Bertz CT molecular complexity index is 645. The van der Waals surface area contributed by atoms with Gasteiger partial charge < -0.3 is 0 Å². The highest BCUT2D eigenvalue weighted by Gasteiger charge is 2.01. The van der Waals surface area contributed by atoms with Crippen molar-refractivity contribution in [3.63, 3.8) is 0 Å². The average Bonchev–Trinajstić information content (AvgIpc) is 2.88. The summed E-state index contributed by atoms with van der Waals surface area (Å²) < 4.78 is 1.89. The molecule has 0 atom stereocenters. The van der Waals surface area contributed by atoms with E-state index in [2.05, 4.69) is 39.9 Å². The Hall–Kier alpha value is -2.20. The van der Waals surface area contributed by atoms with Crippen molar-refractivity contribution in [3.8, 4) is 0 Å². The second-order valence-corrected chi connectivity index (χ2v) is 4.47. The van der Waals surface area contributed by atoms with E-state index in [0.29, 0.717) is 6.67 Å². The number of nitrogens with one attached hydrogen (secondary N) is 1. The van der Waals surface area contributed by atoms with Gasteiger partial charge in [-0.25, -0.2) is 4.68 Å². The van der Waals surface area contributed by atoms with Crippen LogP contribution >= 0.6 is 0 Å². The number of nitrogens with zero attached hydrogens (tertiary/aromatic N) is 3. The van der Waals surface area contributed by atoms with Crippen molar-refractivity contribution >= 4 is 11.0 Å². The van der Waals surface area contributed by atoms with E-state index >= 15 is 0 Å². The zero-order valence-corrected chi connectivity index (χ0v) is 10.7. The molecular weight excluding hydrogens is 236 g/mol. The number of hydrogen-bond acceptors (Lipinski definition) is 3. The summed E-state index contributed by atoms with van der Waals surface area (Å²) in [6.07, 6.45) is 1.02. The van der Waals surface area contributed by atoms with Gasteiger partial charge in [-0.3, -0.25) is 5.32 Å². The monoisotopic (exact) mass is 252 g/mol. The summed E-state index contributed by atoms with van der Waals surface area (Å²) in [7, 11) is 0. The molecule has 0 fully saturated rings. The summed E-state index contributed by atoms with van der Waals surface area (Å²) >= 11 is 0. The molecule has 3 rings (SSSR count). The van der Waals surface area contributed by atoms with Crippen molar-refractivity contribution < 1.29 is 0 Å². The molecule has 0 aliphatic heterocycles. The highest BCUT2D eigenvalue weighted by molar-refractivity contribution is 5.73. The molecule has 0 aliphatic rings. The summed E-state index contributed by atoms with van der Waals surface area (Å²) in [5.74, 6) is 0. The topological polar surface area (TPSA) is 42.7 Å². The van der Waals surface area contributed by atoms with Gasteiger partial charge in [0.15, 0.2) is 0 Å². The highest BCUT2D eigenvalue weighted by atomic mass is 15.4. The molecule has 0 spiro atoms. The highest BCUT2D eigenvalue weighted by Crippen LogP contribution is 2.08. The Balaban J connectivity index is 1.55. The van der Waals surface area contributed by atoms with Crippen LogP contribution in [0.1, 0.15) is 5.56 Å². The number of hydrogen-bond donors (Lipinski definition) is 1. The van der Waals surface area contributed by atoms with Crippen LogP contribution in [0.3, 0.4) is 0 Å². The first kappa shape index (κ1) is 11.9. The van der Waals surface area contributed by atoms with Gasteiger partial charge >= 0.3 is 0 Å². The lowest BCUT2D eigenvalue weighted by Gasteiger charge is -2.05. The number of fused-ring (bicyclic) bond motifs is 1. The van der Waals surface area contributed by atoms with Gasteiger partial charge in [0.1, 0.15) is 5.52 Å². The second-order valence-electron chi connectivity index (χ2n) is 4.47. The third kappa shape index (κ3) is 2.80. The molecule has 0 saturated heterocycles. The summed E-state index contributed by atoms with van der Waals surface area (Å²) in [6.45, 7) is 1.62. The van der Waals surface area contributed by atoms with Crippen molar-refractivity contribution in [2.75, 3.05) is 6.54 Å². The van der Waals surface area contributed by atoms with E-state index in [1.54, 1.807) is 0 Å². The average molecular weight is 252 g/mol. The quantitative estimate of drug-likeness (QED) is 0.708.